The average Bonchev–Trinajstić information content (AvgIpc) is 2.98. The molecule has 0 spiro atoms. The summed E-state index contributed by atoms with van der Waals surface area (Å²) in [6.07, 6.45) is 4.01. The van der Waals surface area contributed by atoms with Crippen molar-refractivity contribution in [2.45, 2.75) is 58.3 Å². The number of carbonyl (C=O) groups is 2. The minimum absolute atomic E-state index is 0.0789. The van der Waals surface area contributed by atoms with Crippen LogP contribution in [0, 0.1) is 5.41 Å². The van der Waals surface area contributed by atoms with Crippen LogP contribution >= 0.6 is 11.3 Å². The van der Waals surface area contributed by atoms with Gasteiger partial charge in [0, 0.05) is 11.8 Å². The van der Waals surface area contributed by atoms with Crippen molar-refractivity contribution in [2.75, 3.05) is 5.32 Å². The Hall–Kier alpha value is -1.43. The highest BCUT2D eigenvalue weighted by molar-refractivity contribution is 7.13. The van der Waals surface area contributed by atoms with Gasteiger partial charge in [-0.05, 0) is 24.2 Å². The van der Waals surface area contributed by atoms with E-state index in [9.17, 15) is 9.59 Å². The van der Waals surface area contributed by atoms with E-state index in [-0.39, 0.29) is 24.2 Å². The highest BCUT2D eigenvalue weighted by Crippen LogP contribution is 2.44. The van der Waals surface area contributed by atoms with Crippen LogP contribution in [0.3, 0.4) is 0 Å². The van der Waals surface area contributed by atoms with Gasteiger partial charge in [-0.3, -0.25) is 9.59 Å². The molecule has 5 nitrogen and oxygen atoms in total. The molecule has 0 aromatic carbocycles. The van der Waals surface area contributed by atoms with E-state index >= 15 is 0 Å². The van der Waals surface area contributed by atoms with Gasteiger partial charge >= 0.3 is 5.97 Å². The molecule has 116 valence electrons. The molecule has 0 aliphatic heterocycles. The van der Waals surface area contributed by atoms with Gasteiger partial charge < -0.3 is 10.4 Å². The van der Waals surface area contributed by atoms with Crippen molar-refractivity contribution in [3.05, 3.63) is 11.1 Å². The topological polar surface area (TPSA) is 79.3 Å². The first-order chi connectivity index (χ1) is 9.90. The fourth-order valence-electron chi connectivity index (χ4n) is 2.97. The summed E-state index contributed by atoms with van der Waals surface area (Å²) in [6, 6.07) is 0. The zero-order chi connectivity index (χ0) is 15.5. The summed E-state index contributed by atoms with van der Waals surface area (Å²) in [5, 5.41) is 14.4. The summed E-state index contributed by atoms with van der Waals surface area (Å²) in [5.41, 5.74) is 0.602. The third kappa shape index (κ3) is 4.27. The largest absolute Gasteiger partial charge is 0.481 e. The summed E-state index contributed by atoms with van der Waals surface area (Å²) in [4.78, 5) is 27.6. The van der Waals surface area contributed by atoms with Gasteiger partial charge in [-0.1, -0.05) is 26.7 Å². The first kappa shape index (κ1) is 15.9. The molecule has 0 unspecified atom stereocenters. The number of nitrogens with zero attached hydrogens (tertiary/aromatic N) is 1. The molecule has 1 aliphatic rings. The van der Waals surface area contributed by atoms with Crippen LogP contribution in [0.2, 0.25) is 0 Å². The van der Waals surface area contributed by atoms with Crippen LogP contribution < -0.4 is 5.32 Å². The lowest BCUT2D eigenvalue weighted by molar-refractivity contribution is -0.140. The number of hydrogen-bond donors (Lipinski definition) is 2. The van der Waals surface area contributed by atoms with Gasteiger partial charge in [-0.15, -0.1) is 11.3 Å². The van der Waals surface area contributed by atoms with Crippen molar-refractivity contribution in [1.29, 1.82) is 0 Å². The Morgan fingerprint density at radius 1 is 1.38 bits per heavy atom. The molecule has 0 bridgehead atoms. The van der Waals surface area contributed by atoms with Gasteiger partial charge in [0.2, 0.25) is 5.91 Å². The van der Waals surface area contributed by atoms with Crippen LogP contribution in [0.5, 0.6) is 0 Å². The molecule has 2 N–H and O–H groups in total. The lowest BCUT2D eigenvalue weighted by Gasteiger charge is -2.25. The van der Waals surface area contributed by atoms with E-state index in [0.717, 1.165) is 31.4 Å². The fourth-order valence-corrected chi connectivity index (χ4v) is 3.86. The second-order valence-electron chi connectivity index (χ2n) is 6.23. The van der Waals surface area contributed by atoms with Crippen LogP contribution in [-0.4, -0.2) is 22.0 Å². The molecule has 0 radical (unpaired) electrons. The number of amides is 1. The maximum atomic E-state index is 12.2. The number of nitrogens with one attached hydrogen (secondary N) is 1. The Kier molecular flexibility index (Phi) is 4.98. The van der Waals surface area contributed by atoms with E-state index < -0.39 is 5.97 Å². The number of thiazole rings is 1. The Labute approximate surface area is 128 Å². The summed E-state index contributed by atoms with van der Waals surface area (Å²) in [6.45, 7) is 4.11. The van der Waals surface area contributed by atoms with Gasteiger partial charge in [0.05, 0.1) is 12.1 Å². The number of carboxylic acids is 1. The minimum Gasteiger partial charge on any atom is -0.481 e. The van der Waals surface area contributed by atoms with Gasteiger partial charge in [-0.25, -0.2) is 4.98 Å². The van der Waals surface area contributed by atoms with Crippen molar-refractivity contribution in [1.82, 2.24) is 4.98 Å². The van der Waals surface area contributed by atoms with E-state index in [4.69, 9.17) is 5.11 Å². The lowest BCUT2D eigenvalue weighted by atomic mass is 9.79. The number of aromatic nitrogens is 1. The molecule has 1 saturated carbocycles. The molecule has 0 saturated heterocycles. The Morgan fingerprint density at radius 3 is 2.57 bits per heavy atom. The summed E-state index contributed by atoms with van der Waals surface area (Å²) in [5.74, 6) is -0.607. The van der Waals surface area contributed by atoms with Crippen molar-refractivity contribution < 1.29 is 14.7 Å². The predicted octanol–water partition coefficient (Wildman–Crippen LogP) is 3.63. The number of hydrogen-bond acceptors (Lipinski definition) is 4. The fraction of sp³-hybridized carbons (Fsp3) is 0.667. The summed E-state index contributed by atoms with van der Waals surface area (Å²) in [7, 11) is 0. The molecule has 1 aromatic heterocycles. The van der Waals surface area contributed by atoms with Crippen LogP contribution in [0.1, 0.15) is 64.0 Å². The van der Waals surface area contributed by atoms with Crippen LogP contribution in [0.25, 0.3) is 0 Å². The van der Waals surface area contributed by atoms with Crippen molar-refractivity contribution in [2.24, 2.45) is 5.41 Å². The smallest absolute Gasteiger partial charge is 0.303 e. The van der Waals surface area contributed by atoms with Gasteiger partial charge in [0.1, 0.15) is 0 Å². The van der Waals surface area contributed by atoms with E-state index in [2.05, 4.69) is 24.1 Å². The van der Waals surface area contributed by atoms with E-state index in [0.29, 0.717) is 11.0 Å². The number of carboxylic acid groups (broad SMARTS) is 1. The number of carbonyl (C=O) groups excluding carboxylic acids is 1. The highest BCUT2D eigenvalue weighted by Gasteiger charge is 2.38. The Balaban J connectivity index is 1.97. The third-order valence-corrected chi connectivity index (χ3v) is 4.86. The van der Waals surface area contributed by atoms with Gasteiger partial charge in [0.25, 0.3) is 0 Å². The predicted molar refractivity (Wildman–Crippen MR) is 82.6 cm³/mol. The molecule has 21 heavy (non-hydrogen) atoms. The van der Waals surface area contributed by atoms with Crippen LogP contribution in [0.4, 0.5) is 5.13 Å². The SMILES string of the molecule is CC(C)c1csc(NC(=O)CC2(CC(=O)O)CCCC2)n1. The average molecular weight is 310 g/mol. The lowest BCUT2D eigenvalue weighted by Crippen LogP contribution is -2.27. The molecule has 0 atom stereocenters. The van der Waals surface area contributed by atoms with E-state index in [1.807, 2.05) is 5.38 Å². The van der Waals surface area contributed by atoms with Crippen molar-refractivity contribution in [3.63, 3.8) is 0 Å². The second kappa shape index (κ2) is 6.56. The monoisotopic (exact) mass is 310 g/mol. The maximum absolute atomic E-state index is 12.2. The number of rotatable bonds is 6. The quantitative estimate of drug-likeness (QED) is 0.841. The minimum atomic E-state index is -0.818. The third-order valence-electron chi connectivity index (χ3n) is 4.09. The zero-order valence-electron chi connectivity index (χ0n) is 12.5. The van der Waals surface area contributed by atoms with Gasteiger partial charge in [-0.2, -0.15) is 0 Å². The van der Waals surface area contributed by atoms with E-state index in [1.165, 1.54) is 11.3 Å². The van der Waals surface area contributed by atoms with Crippen LogP contribution in [0.15, 0.2) is 5.38 Å². The van der Waals surface area contributed by atoms with Crippen LogP contribution in [-0.2, 0) is 9.59 Å². The first-order valence-corrected chi connectivity index (χ1v) is 8.25. The van der Waals surface area contributed by atoms with Crippen molar-refractivity contribution in [3.8, 4) is 0 Å². The normalized spacial score (nSPS) is 17.1. The first-order valence-electron chi connectivity index (χ1n) is 7.37. The van der Waals surface area contributed by atoms with Gasteiger partial charge in [0.15, 0.2) is 5.13 Å². The number of aliphatic carboxylic acids is 1. The molecule has 6 heteroatoms. The molecular weight excluding hydrogens is 288 g/mol. The molecule has 1 aliphatic carbocycles. The molecule has 2 rings (SSSR count). The zero-order valence-corrected chi connectivity index (χ0v) is 13.3. The standard InChI is InChI=1S/C15H22N2O3S/c1-10(2)11-9-21-14(16-11)17-12(18)7-15(8-13(19)20)5-3-4-6-15/h9-10H,3-8H2,1-2H3,(H,19,20)(H,16,17,18). The second-order valence-corrected chi connectivity index (χ2v) is 7.09. The Morgan fingerprint density at radius 2 is 2.05 bits per heavy atom. The Bertz CT molecular complexity index is 519. The highest BCUT2D eigenvalue weighted by atomic mass is 32.1. The molecular formula is C15H22N2O3S. The van der Waals surface area contributed by atoms with E-state index in [1.54, 1.807) is 0 Å². The summed E-state index contributed by atoms with van der Waals surface area (Å²) < 4.78 is 0. The maximum Gasteiger partial charge on any atom is 0.303 e. The molecule has 1 aromatic rings. The number of anilines is 1. The summed E-state index contributed by atoms with van der Waals surface area (Å²) >= 11 is 1.42. The molecule has 1 amide bonds. The van der Waals surface area contributed by atoms with Crippen molar-refractivity contribution >= 4 is 28.3 Å². The molecule has 1 fully saturated rings. The molecule has 1 heterocycles.